The van der Waals surface area contributed by atoms with Crippen molar-refractivity contribution in [1.82, 2.24) is 4.98 Å². The van der Waals surface area contributed by atoms with Crippen molar-refractivity contribution >= 4 is 17.2 Å². The molecule has 27 heavy (non-hydrogen) atoms. The van der Waals surface area contributed by atoms with Gasteiger partial charge in [0.2, 0.25) is 5.88 Å². The van der Waals surface area contributed by atoms with Crippen LogP contribution in [0, 0.1) is 5.92 Å². The molecule has 7 heteroatoms. The van der Waals surface area contributed by atoms with E-state index in [4.69, 9.17) is 9.47 Å². The zero-order chi connectivity index (χ0) is 19.4. The average molecular weight is 380 g/mol. The number of piperidine rings is 1. The number of alkyl halides is 2. The third kappa shape index (κ3) is 4.57. The number of methoxy groups -OCH3 is 1. The molecular formula is C20H26F2N2O3. The molecular weight excluding hydrogens is 354 g/mol. The monoisotopic (exact) mass is 380 g/mol. The first-order chi connectivity index (χ1) is 12.9. The highest BCUT2D eigenvalue weighted by Gasteiger charge is 2.33. The van der Waals surface area contributed by atoms with Crippen molar-refractivity contribution in [3.05, 3.63) is 23.9 Å². The minimum Gasteiger partial charge on any atom is -0.481 e. The quantitative estimate of drug-likeness (QED) is 0.721. The van der Waals surface area contributed by atoms with Gasteiger partial charge >= 0.3 is 5.97 Å². The minimum atomic E-state index is -2.62. The summed E-state index contributed by atoms with van der Waals surface area (Å²) in [5, 5.41) is 0. The summed E-state index contributed by atoms with van der Waals surface area (Å²) >= 11 is 0. The fourth-order valence-electron chi connectivity index (χ4n) is 3.70. The Hall–Kier alpha value is -2.18. The van der Waals surface area contributed by atoms with E-state index in [1.165, 1.54) is 0 Å². The van der Waals surface area contributed by atoms with Crippen LogP contribution < -0.4 is 9.64 Å². The van der Waals surface area contributed by atoms with Crippen LogP contribution in [0.4, 0.5) is 14.5 Å². The number of carbonyl (C=O) groups excluding carboxylic acids is 1. The summed E-state index contributed by atoms with van der Waals surface area (Å²) in [5.41, 5.74) is 2.71. The molecule has 0 saturated carbocycles. The van der Waals surface area contributed by atoms with Crippen LogP contribution >= 0.6 is 0 Å². The number of rotatable bonds is 5. The molecule has 5 nitrogen and oxygen atoms in total. The van der Waals surface area contributed by atoms with E-state index in [0.29, 0.717) is 44.8 Å². The van der Waals surface area contributed by atoms with E-state index >= 15 is 0 Å². The van der Waals surface area contributed by atoms with Crippen molar-refractivity contribution in [3.63, 3.8) is 0 Å². The Kier molecular flexibility index (Phi) is 5.97. The lowest BCUT2D eigenvalue weighted by Crippen LogP contribution is -2.37. The Balaban J connectivity index is 1.80. The van der Waals surface area contributed by atoms with Crippen molar-refractivity contribution in [2.45, 2.75) is 45.0 Å². The molecule has 0 bridgehead atoms. The van der Waals surface area contributed by atoms with Crippen LogP contribution in [0.25, 0.3) is 5.57 Å². The van der Waals surface area contributed by atoms with Crippen LogP contribution in [0.5, 0.6) is 5.88 Å². The summed E-state index contributed by atoms with van der Waals surface area (Å²) < 4.78 is 37.4. The van der Waals surface area contributed by atoms with Crippen molar-refractivity contribution < 1.29 is 23.0 Å². The first-order valence-electron chi connectivity index (χ1n) is 9.46. The van der Waals surface area contributed by atoms with Gasteiger partial charge in [-0.3, -0.25) is 4.79 Å². The number of ether oxygens (including phenoxy) is 2. The SMILES string of the molecule is CCOC(=O)C1CCN(c2cc(OC)ncc2C2=CCC(F)(F)CC2)CC1. The fraction of sp³-hybridized carbons (Fsp3) is 0.600. The molecule has 1 aliphatic carbocycles. The van der Waals surface area contributed by atoms with E-state index in [-0.39, 0.29) is 24.7 Å². The molecule has 1 fully saturated rings. The second kappa shape index (κ2) is 8.23. The highest BCUT2D eigenvalue weighted by atomic mass is 19.3. The van der Waals surface area contributed by atoms with Crippen LogP contribution in [0.1, 0.15) is 44.6 Å². The summed E-state index contributed by atoms with van der Waals surface area (Å²) in [6.07, 6.45) is 4.70. The molecule has 0 amide bonds. The normalized spacial score (nSPS) is 20.1. The standard InChI is InChI=1S/C20H26F2N2O3/c1-3-27-19(25)15-6-10-24(11-7-15)17-12-18(26-2)23-13-16(17)14-4-8-20(21,22)9-5-14/h4,12-13,15H,3,5-11H2,1-2H3. The van der Waals surface area contributed by atoms with E-state index in [0.717, 1.165) is 16.8 Å². The number of hydrogen-bond donors (Lipinski definition) is 0. The van der Waals surface area contributed by atoms with Gasteiger partial charge in [0.05, 0.1) is 25.3 Å². The molecule has 0 radical (unpaired) electrons. The number of aromatic nitrogens is 1. The van der Waals surface area contributed by atoms with Crippen molar-refractivity contribution in [3.8, 4) is 5.88 Å². The molecule has 0 unspecified atom stereocenters. The predicted octanol–water partition coefficient (Wildman–Crippen LogP) is 4.07. The lowest BCUT2D eigenvalue weighted by atomic mass is 9.90. The Morgan fingerprint density at radius 1 is 1.37 bits per heavy atom. The zero-order valence-electron chi connectivity index (χ0n) is 15.8. The first-order valence-corrected chi connectivity index (χ1v) is 9.46. The number of hydrogen-bond acceptors (Lipinski definition) is 5. The Labute approximate surface area is 158 Å². The van der Waals surface area contributed by atoms with Crippen molar-refractivity contribution in [2.24, 2.45) is 5.92 Å². The van der Waals surface area contributed by atoms with Crippen LogP contribution in [0.15, 0.2) is 18.3 Å². The zero-order valence-corrected chi connectivity index (χ0v) is 15.8. The molecule has 1 saturated heterocycles. The highest BCUT2D eigenvalue weighted by Crippen LogP contribution is 2.40. The van der Waals surface area contributed by atoms with E-state index in [1.807, 2.05) is 13.0 Å². The molecule has 1 aromatic heterocycles. The number of pyridine rings is 1. The lowest BCUT2D eigenvalue weighted by Gasteiger charge is -2.34. The van der Waals surface area contributed by atoms with Gasteiger partial charge in [-0.15, -0.1) is 0 Å². The van der Waals surface area contributed by atoms with E-state index in [1.54, 1.807) is 19.4 Å². The Bertz CT molecular complexity index is 713. The predicted molar refractivity (Wildman–Crippen MR) is 99.1 cm³/mol. The molecule has 2 heterocycles. The van der Waals surface area contributed by atoms with Crippen LogP contribution in [-0.2, 0) is 9.53 Å². The van der Waals surface area contributed by atoms with Crippen LogP contribution in [0.2, 0.25) is 0 Å². The van der Waals surface area contributed by atoms with Gasteiger partial charge in [-0.1, -0.05) is 6.08 Å². The molecule has 0 atom stereocenters. The summed E-state index contributed by atoms with van der Waals surface area (Å²) in [6.45, 7) is 3.60. The van der Waals surface area contributed by atoms with Gasteiger partial charge in [-0.05, 0) is 31.8 Å². The fourth-order valence-corrected chi connectivity index (χ4v) is 3.70. The maximum absolute atomic E-state index is 13.5. The average Bonchev–Trinajstić information content (AvgIpc) is 2.68. The lowest BCUT2D eigenvalue weighted by molar-refractivity contribution is -0.148. The largest absolute Gasteiger partial charge is 0.481 e. The number of nitrogens with zero attached hydrogens (tertiary/aromatic N) is 2. The molecule has 2 aliphatic rings. The molecule has 0 N–H and O–H groups in total. The van der Waals surface area contributed by atoms with Gasteiger partial charge in [-0.2, -0.15) is 0 Å². The molecule has 1 aliphatic heterocycles. The molecule has 0 spiro atoms. The summed E-state index contributed by atoms with van der Waals surface area (Å²) in [4.78, 5) is 18.4. The van der Waals surface area contributed by atoms with Gasteiger partial charge in [-0.25, -0.2) is 13.8 Å². The smallest absolute Gasteiger partial charge is 0.309 e. The number of allylic oxidation sites excluding steroid dienone is 2. The molecule has 1 aromatic rings. The second-order valence-electron chi connectivity index (χ2n) is 7.05. The van der Waals surface area contributed by atoms with Crippen molar-refractivity contribution in [2.75, 3.05) is 31.7 Å². The minimum absolute atomic E-state index is 0.0824. The van der Waals surface area contributed by atoms with E-state index in [9.17, 15) is 13.6 Å². The second-order valence-corrected chi connectivity index (χ2v) is 7.05. The third-order valence-corrected chi connectivity index (χ3v) is 5.27. The van der Waals surface area contributed by atoms with Gasteiger partial charge in [0.15, 0.2) is 0 Å². The number of halogens is 2. The number of anilines is 1. The summed E-state index contributed by atoms with van der Waals surface area (Å²) in [7, 11) is 1.55. The topological polar surface area (TPSA) is 51.7 Å². The van der Waals surface area contributed by atoms with Crippen LogP contribution in [0.3, 0.4) is 0 Å². The highest BCUT2D eigenvalue weighted by molar-refractivity contribution is 5.78. The number of carbonyl (C=O) groups is 1. The summed E-state index contributed by atoms with van der Waals surface area (Å²) in [5.74, 6) is -2.35. The van der Waals surface area contributed by atoms with Gasteiger partial charge in [0.25, 0.3) is 5.92 Å². The maximum Gasteiger partial charge on any atom is 0.309 e. The van der Waals surface area contributed by atoms with Gasteiger partial charge < -0.3 is 14.4 Å². The summed E-state index contributed by atoms with van der Waals surface area (Å²) in [6, 6.07) is 1.85. The van der Waals surface area contributed by atoms with E-state index in [2.05, 4.69) is 9.88 Å². The molecule has 0 aromatic carbocycles. The van der Waals surface area contributed by atoms with Crippen molar-refractivity contribution in [1.29, 1.82) is 0 Å². The Morgan fingerprint density at radius 3 is 2.70 bits per heavy atom. The Morgan fingerprint density at radius 2 is 2.11 bits per heavy atom. The molecule has 3 rings (SSSR count). The van der Waals surface area contributed by atoms with Gasteiger partial charge in [0, 0.05) is 43.8 Å². The maximum atomic E-state index is 13.5. The van der Waals surface area contributed by atoms with Crippen LogP contribution in [-0.4, -0.2) is 43.7 Å². The van der Waals surface area contributed by atoms with Gasteiger partial charge in [0.1, 0.15) is 0 Å². The third-order valence-electron chi connectivity index (χ3n) is 5.27. The van der Waals surface area contributed by atoms with E-state index < -0.39 is 5.92 Å². The first kappa shape index (κ1) is 19.6. The number of esters is 1. The molecule has 148 valence electrons.